The lowest BCUT2D eigenvalue weighted by molar-refractivity contribution is -0.137. The third-order valence-electron chi connectivity index (χ3n) is 3.76. The third kappa shape index (κ3) is 7.85. The molecule has 22 heavy (non-hydrogen) atoms. The van der Waals surface area contributed by atoms with Crippen molar-refractivity contribution in [2.24, 2.45) is 0 Å². The van der Waals surface area contributed by atoms with Gasteiger partial charge < -0.3 is 9.47 Å². The van der Waals surface area contributed by atoms with Crippen LogP contribution in [-0.2, 0) is 14.3 Å². The zero-order chi connectivity index (χ0) is 16.4. The number of ether oxygens (including phenoxy) is 2. The lowest BCUT2D eigenvalue weighted by atomic mass is 10.0. The number of esters is 1. The first-order chi connectivity index (χ1) is 10.6. The summed E-state index contributed by atoms with van der Waals surface area (Å²) in [7, 11) is 0. The second kappa shape index (κ2) is 11.3. The van der Waals surface area contributed by atoms with Crippen LogP contribution in [0.2, 0.25) is 0 Å². The predicted octanol–water partition coefficient (Wildman–Crippen LogP) is 4.84. The smallest absolute Gasteiger partial charge is 0.330 e. The zero-order valence-corrected chi connectivity index (χ0v) is 15.1. The first kappa shape index (κ1) is 19.8. The summed E-state index contributed by atoms with van der Waals surface area (Å²) in [6, 6.07) is 0. The molecule has 0 bridgehead atoms. The van der Waals surface area contributed by atoms with Crippen molar-refractivity contribution in [2.45, 2.75) is 81.8 Å². The van der Waals surface area contributed by atoms with E-state index in [9.17, 15) is 4.79 Å². The molecule has 128 valence electrons. The quantitative estimate of drug-likeness (QED) is 0.166. The van der Waals surface area contributed by atoms with Crippen LogP contribution >= 0.6 is 23.2 Å². The summed E-state index contributed by atoms with van der Waals surface area (Å²) in [5.74, 6) is -0.350. The summed E-state index contributed by atoms with van der Waals surface area (Å²) in [6.45, 7) is 4.37. The summed E-state index contributed by atoms with van der Waals surface area (Å²) in [5, 5.41) is -0.298. The van der Waals surface area contributed by atoms with Crippen LogP contribution in [-0.4, -0.2) is 35.5 Å². The first-order valence-electron chi connectivity index (χ1n) is 8.38. The normalized spacial score (nSPS) is 23.5. The molecule has 1 saturated heterocycles. The van der Waals surface area contributed by atoms with Crippen LogP contribution in [0.1, 0.15) is 58.8 Å². The van der Waals surface area contributed by atoms with Gasteiger partial charge in [0.25, 0.3) is 0 Å². The molecule has 0 radical (unpaired) electrons. The van der Waals surface area contributed by atoms with Gasteiger partial charge in [-0.1, -0.05) is 45.4 Å². The summed E-state index contributed by atoms with van der Waals surface area (Å²) in [5.41, 5.74) is 0. The van der Waals surface area contributed by atoms with E-state index in [0.29, 0.717) is 6.61 Å². The second-order valence-electron chi connectivity index (χ2n) is 5.69. The number of carbonyl (C=O) groups is 1. The predicted molar refractivity (Wildman–Crippen MR) is 91.7 cm³/mol. The fraction of sp³-hybridized carbons (Fsp3) is 0.824. The van der Waals surface area contributed by atoms with E-state index in [1.54, 1.807) is 13.0 Å². The number of carbonyl (C=O) groups excluding carboxylic acids is 1. The number of epoxide rings is 1. The Balaban J connectivity index is 2.14. The fourth-order valence-electron chi connectivity index (χ4n) is 2.40. The van der Waals surface area contributed by atoms with E-state index in [-0.39, 0.29) is 28.9 Å². The summed E-state index contributed by atoms with van der Waals surface area (Å²) >= 11 is 12.7. The highest BCUT2D eigenvalue weighted by atomic mass is 35.5. The van der Waals surface area contributed by atoms with Crippen LogP contribution in [0.25, 0.3) is 0 Å². The van der Waals surface area contributed by atoms with Gasteiger partial charge in [-0.15, -0.1) is 23.2 Å². The van der Waals surface area contributed by atoms with Crippen LogP contribution in [0.3, 0.4) is 0 Å². The van der Waals surface area contributed by atoms with Gasteiger partial charge in [-0.2, -0.15) is 0 Å². The van der Waals surface area contributed by atoms with Gasteiger partial charge in [0.15, 0.2) is 0 Å². The molecule has 1 aliphatic heterocycles. The standard InChI is InChI=1S/C17H28Cl2O3/c1-3-5-6-7-8-9-10-13(18)16(19)17-14(22-17)11-12-15(20)21-4-2/h11-14,16-17H,3-10H2,1-2H3/b12-11+/t13-,14-,16+,17+/m1/s1. The summed E-state index contributed by atoms with van der Waals surface area (Å²) in [4.78, 5) is 11.2. The largest absolute Gasteiger partial charge is 0.463 e. The Bertz CT molecular complexity index is 347. The summed E-state index contributed by atoms with van der Waals surface area (Å²) in [6.07, 6.45) is 11.3. The molecule has 1 rings (SSSR count). The average Bonchev–Trinajstić information content (AvgIpc) is 3.27. The molecular weight excluding hydrogens is 323 g/mol. The number of rotatable bonds is 12. The van der Waals surface area contributed by atoms with E-state index < -0.39 is 0 Å². The molecule has 0 aliphatic carbocycles. The van der Waals surface area contributed by atoms with Gasteiger partial charge in [-0.25, -0.2) is 4.79 Å². The molecule has 0 amide bonds. The zero-order valence-electron chi connectivity index (χ0n) is 13.6. The van der Waals surface area contributed by atoms with Gasteiger partial charge in [-0.05, 0) is 19.4 Å². The van der Waals surface area contributed by atoms with Gasteiger partial charge in [0.1, 0.15) is 12.2 Å². The molecule has 5 heteroatoms. The van der Waals surface area contributed by atoms with Crippen LogP contribution in [0.15, 0.2) is 12.2 Å². The molecule has 0 aromatic carbocycles. The average molecular weight is 351 g/mol. The molecule has 0 aromatic rings. The van der Waals surface area contributed by atoms with Gasteiger partial charge in [0, 0.05) is 6.08 Å². The van der Waals surface area contributed by atoms with Crippen molar-refractivity contribution in [2.75, 3.05) is 6.61 Å². The first-order valence-corrected chi connectivity index (χ1v) is 9.26. The monoisotopic (exact) mass is 350 g/mol. The Morgan fingerprint density at radius 2 is 1.86 bits per heavy atom. The minimum atomic E-state index is -0.350. The van der Waals surface area contributed by atoms with E-state index in [4.69, 9.17) is 32.7 Å². The Morgan fingerprint density at radius 1 is 1.18 bits per heavy atom. The van der Waals surface area contributed by atoms with Crippen LogP contribution < -0.4 is 0 Å². The van der Waals surface area contributed by atoms with E-state index in [1.165, 1.54) is 38.2 Å². The van der Waals surface area contributed by atoms with Crippen molar-refractivity contribution in [1.29, 1.82) is 0 Å². The molecule has 0 spiro atoms. The second-order valence-corrected chi connectivity index (χ2v) is 6.76. The number of alkyl halides is 2. The molecule has 0 aromatic heterocycles. The van der Waals surface area contributed by atoms with Crippen molar-refractivity contribution < 1.29 is 14.3 Å². The van der Waals surface area contributed by atoms with Crippen molar-refractivity contribution >= 4 is 29.2 Å². The maximum Gasteiger partial charge on any atom is 0.330 e. The third-order valence-corrected chi connectivity index (χ3v) is 4.93. The molecule has 3 nitrogen and oxygen atoms in total. The maximum atomic E-state index is 11.2. The van der Waals surface area contributed by atoms with Crippen molar-refractivity contribution in [1.82, 2.24) is 0 Å². The highest BCUT2D eigenvalue weighted by Gasteiger charge is 2.45. The molecule has 4 atom stereocenters. The van der Waals surface area contributed by atoms with E-state index in [0.717, 1.165) is 12.8 Å². The van der Waals surface area contributed by atoms with E-state index in [1.807, 2.05) is 0 Å². The lowest BCUT2D eigenvalue weighted by Crippen LogP contribution is -2.22. The summed E-state index contributed by atoms with van der Waals surface area (Å²) < 4.78 is 10.3. The van der Waals surface area contributed by atoms with Crippen LogP contribution in [0.4, 0.5) is 0 Å². The molecule has 0 N–H and O–H groups in total. The highest BCUT2D eigenvalue weighted by Crippen LogP contribution is 2.34. The SMILES string of the molecule is CCCCCCCC[C@@H](Cl)[C@H](Cl)[C@H]1O[C@@H]1/C=C/C(=O)OCC. The number of hydrogen-bond acceptors (Lipinski definition) is 3. The minimum absolute atomic E-state index is 0.0844. The van der Waals surface area contributed by atoms with Crippen molar-refractivity contribution in [3.05, 3.63) is 12.2 Å². The number of halogens is 2. The van der Waals surface area contributed by atoms with Gasteiger partial charge in [0.2, 0.25) is 0 Å². The molecule has 1 aliphatic rings. The number of unbranched alkanes of at least 4 members (excludes halogenated alkanes) is 5. The molecular formula is C17H28Cl2O3. The Hall–Kier alpha value is -0.250. The van der Waals surface area contributed by atoms with E-state index >= 15 is 0 Å². The van der Waals surface area contributed by atoms with Crippen molar-refractivity contribution in [3.63, 3.8) is 0 Å². The molecule has 0 unspecified atom stereocenters. The molecule has 1 heterocycles. The van der Waals surface area contributed by atoms with Gasteiger partial charge >= 0.3 is 5.97 Å². The maximum absolute atomic E-state index is 11.2. The van der Waals surface area contributed by atoms with Crippen molar-refractivity contribution in [3.8, 4) is 0 Å². The highest BCUT2D eigenvalue weighted by molar-refractivity contribution is 6.30. The Morgan fingerprint density at radius 3 is 2.55 bits per heavy atom. The Kier molecular flexibility index (Phi) is 10.2. The lowest BCUT2D eigenvalue weighted by Gasteiger charge is -2.13. The molecule has 0 saturated carbocycles. The van der Waals surface area contributed by atoms with E-state index in [2.05, 4.69) is 6.92 Å². The van der Waals surface area contributed by atoms with Crippen LogP contribution in [0.5, 0.6) is 0 Å². The molecule has 1 fully saturated rings. The number of hydrogen-bond donors (Lipinski definition) is 0. The van der Waals surface area contributed by atoms with Gasteiger partial charge in [0.05, 0.1) is 17.4 Å². The fourth-order valence-corrected chi connectivity index (χ4v) is 3.02. The minimum Gasteiger partial charge on any atom is -0.463 e. The van der Waals surface area contributed by atoms with Gasteiger partial charge in [-0.3, -0.25) is 0 Å². The topological polar surface area (TPSA) is 38.8 Å². The van der Waals surface area contributed by atoms with Crippen LogP contribution in [0, 0.1) is 0 Å². The Labute approximate surface area is 144 Å².